The first kappa shape index (κ1) is 17.5. The number of hydrazone groups is 1. The van der Waals surface area contributed by atoms with Crippen molar-refractivity contribution in [2.75, 3.05) is 12.4 Å². The number of halogens is 3. The van der Waals surface area contributed by atoms with E-state index < -0.39 is 11.7 Å². The summed E-state index contributed by atoms with van der Waals surface area (Å²) in [6.07, 6.45) is -4.48. The Hall–Kier alpha value is -2.83. The van der Waals surface area contributed by atoms with Crippen LogP contribution in [-0.4, -0.2) is 19.6 Å². The third kappa shape index (κ3) is 4.34. The van der Waals surface area contributed by atoms with Crippen molar-refractivity contribution in [3.8, 4) is 0 Å². The minimum atomic E-state index is -4.48. The molecule has 0 aliphatic rings. The lowest BCUT2D eigenvalue weighted by Gasteiger charge is -2.14. The van der Waals surface area contributed by atoms with Gasteiger partial charge in [0.2, 0.25) is 0 Å². The molecule has 0 spiro atoms. The molecule has 0 aliphatic heterocycles. The van der Waals surface area contributed by atoms with E-state index in [0.29, 0.717) is 0 Å². The average Bonchev–Trinajstić information content (AvgIpc) is 2.58. The molecule has 2 N–H and O–H groups in total. The van der Waals surface area contributed by atoms with Crippen LogP contribution in [0.1, 0.15) is 16.7 Å². The highest BCUT2D eigenvalue weighted by Crippen LogP contribution is 2.32. The molecule has 0 unspecified atom stereocenters. The number of alkyl halides is 3. The number of nitrogens with one attached hydrogen (secondary N) is 2. The standard InChI is InChI=1S/C17H17F3N4/c1-21-13-9-7-12(8-10-13)11-23-16(24-22-2)14-5-3-4-6-15(14)17(18,19)20/h3-10,21H,2,11H2,1H3,(H,23,24). The number of hydrogen-bond acceptors (Lipinski definition) is 3. The van der Waals surface area contributed by atoms with Gasteiger partial charge >= 0.3 is 6.18 Å². The van der Waals surface area contributed by atoms with E-state index >= 15 is 0 Å². The van der Waals surface area contributed by atoms with Crippen LogP contribution in [0.3, 0.4) is 0 Å². The van der Waals surface area contributed by atoms with Crippen LogP contribution in [0.5, 0.6) is 0 Å². The Morgan fingerprint density at radius 1 is 1.08 bits per heavy atom. The number of nitrogens with zero attached hydrogens (tertiary/aromatic N) is 2. The molecule has 0 atom stereocenters. The van der Waals surface area contributed by atoms with Gasteiger partial charge in [0.25, 0.3) is 0 Å². The molecule has 2 aromatic carbocycles. The largest absolute Gasteiger partial charge is 0.417 e. The summed E-state index contributed by atoms with van der Waals surface area (Å²) in [6, 6.07) is 12.7. The summed E-state index contributed by atoms with van der Waals surface area (Å²) in [5.74, 6) is 0.0237. The van der Waals surface area contributed by atoms with Gasteiger partial charge in [-0.15, -0.1) is 0 Å². The van der Waals surface area contributed by atoms with E-state index in [2.05, 4.69) is 27.6 Å². The molecule has 0 radical (unpaired) electrons. The Balaban J connectivity index is 2.33. The highest BCUT2D eigenvalue weighted by atomic mass is 19.4. The van der Waals surface area contributed by atoms with Gasteiger partial charge in [0.05, 0.1) is 12.1 Å². The van der Waals surface area contributed by atoms with Crippen molar-refractivity contribution >= 4 is 18.2 Å². The molecule has 0 saturated carbocycles. The molecule has 4 nitrogen and oxygen atoms in total. The first-order chi connectivity index (χ1) is 11.5. The molecule has 0 aliphatic carbocycles. The van der Waals surface area contributed by atoms with Gasteiger partial charge in [-0.1, -0.05) is 30.3 Å². The van der Waals surface area contributed by atoms with Gasteiger partial charge in [-0.3, -0.25) is 10.4 Å². The predicted molar refractivity (Wildman–Crippen MR) is 90.4 cm³/mol. The van der Waals surface area contributed by atoms with Gasteiger partial charge in [0.1, 0.15) is 5.84 Å². The fourth-order valence-corrected chi connectivity index (χ4v) is 2.14. The third-order valence-corrected chi connectivity index (χ3v) is 3.33. The number of hydrogen-bond donors (Lipinski definition) is 2. The molecule has 0 bridgehead atoms. The zero-order chi connectivity index (χ0) is 17.6. The molecule has 0 saturated heterocycles. The van der Waals surface area contributed by atoms with Crippen molar-refractivity contribution in [1.82, 2.24) is 5.43 Å². The second-order valence-electron chi connectivity index (χ2n) is 4.93. The molecule has 0 fully saturated rings. The van der Waals surface area contributed by atoms with E-state index in [1.807, 2.05) is 24.3 Å². The maximum atomic E-state index is 13.2. The van der Waals surface area contributed by atoms with Crippen LogP contribution in [0, 0.1) is 0 Å². The molecule has 24 heavy (non-hydrogen) atoms. The fourth-order valence-electron chi connectivity index (χ4n) is 2.14. The van der Waals surface area contributed by atoms with Crippen LogP contribution in [0.4, 0.5) is 18.9 Å². The second-order valence-corrected chi connectivity index (χ2v) is 4.93. The molecule has 126 valence electrons. The van der Waals surface area contributed by atoms with Crippen LogP contribution in [-0.2, 0) is 12.7 Å². The lowest BCUT2D eigenvalue weighted by molar-refractivity contribution is -0.137. The summed E-state index contributed by atoms with van der Waals surface area (Å²) in [6.45, 7) is 3.48. The van der Waals surface area contributed by atoms with Gasteiger partial charge in [0.15, 0.2) is 0 Å². The lowest BCUT2D eigenvalue weighted by Crippen LogP contribution is -2.23. The highest BCUT2D eigenvalue weighted by molar-refractivity contribution is 6.00. The van der Waals surface area contributed by atoms with E-state index in [9.17, 15) is 13.2 Å². The van der Waals surface area contributed by atoms with Crippen molar-refractivity contribution in [3.63, 3.8) is 0 Å². The van der Waals surface area contributed by atoms with E-state index in [0.717, 1.165) is 17.3 Å². The molecular formula is C17H17F3N4. The SMILES string of the molecule is C=NNC(=NCc1ccc(NC)cc1)c1ccccc1C(F)(F)F. The van der Waals surface area contributed by atoms with Crippen LogP contribution >= 0.6 is 0 Å². The highest BCUT2D eigenvalue weighted by Gasteiger charge is 2.34. The van der Waals surface area contributed by atoms with Gasteiger partial charge < -0.3 is 5.32 Å². The monoisotopic (exact) mass is 334 g/mol. The van der Waals surface area contributed by atoms with Crippen molar-refractivity contribution in [2.24, 2.45) is 10.1 Å². The molecule has 0 amide bonds. The van der Waals surface area contributed by atoms with Crippen molar-refractivity contribution in [2.45, 2.75) is 12.7 Å². The summed E-state index contributed by atoms with van der Waals surface area (Å²) in [5.41, 5.74) is 3.42. The van der Waals surface area contributed by atoms with E-state index in [1.54, 1.807) is 7.05 Å². The zero-order valence-electron chi connectivity index (χ0n) is 13.1. The minimum Gasteiger partial charge on any atom is -0.388 e. The number of amidine groups is 1. The van der Waals surface area contributed by atoms with Crippen molar-refractivity contribution < 1.29 is 13.2 Å². The smallest absolute Gasteiger partial charge is 0.388 e. The number of anilines is 1. The van der Waals surface area contributed by atoms with E-state index in [4.69, 9.17) is 0 Å². The van der Waals surface area contributed by atoms with Crippen LogP contribution in [0.2, 0.25) is 0 Å². The molecular weight excluding hydrogens is 317 g/mol. The van der Waals surface area contributed by atoms with E-state index in [1.165, 1.54) is 18.2 Å². The maximum Gasteiger partial charge on any atom is 0.417 e. The molecule has 0 heterocycles. The summed E-state index contributed by atoms with van der Waals surface area (Å²) in [4.78, 5) is 4.23. The Bertz CT molecular complexity index is 721. The van der Waals surface area contributed by atoms with Crippen LogP contribution in [0.15, 0.2) is 58.6 Å². The summed E-state index contributed by atoms with van der Waals surface area (Å²) in [5, 5.41) is 6.46. The van der Waals surface area contributed by atoms with Gasteiger partial charge in [-0.25, -0.2) is 0 Å². The van der Waals surface area contributed by atoms with Gasteiger partial charge in [-0.05, 0) is 23.8 Å². The Labute approximate surface area is 138 Å². The van der Waals surface area contributed by atoms with Crippen molar-refractivity contribution in [1.29, 1.82) is 0 Å². The van der Waals surface area contributed by atoms with Crippen molar-refractivity contribution in [3.05, 3.63) is 65.2 Å². The number of aliphatic imine (C=N–C) groups is 1. The van der Waals surface area contributed by atoms with Gasteiger partial charge in [0, 0.05) is 25.0 Å². The Morgan fingerprint density at radius 2 is 1.75 bits per heavy atom. The summed E-state index contributed by atoms with van der Waals surface area (Å²) in [7, 11) is 1.80. The lowest BCUT2D eigenvalue weighted by atomic mass is 10.1. The second kappa shape index (κ2) is 7.63. The third-order valence-electron chi connectivity index (χ3n) is 3.33. The quantitative estimate of drug-likeness (QED) is 0.495. The molecule has 2 rings (SSSR count). The average molecular weight is 334 g/mol. The molecule has 0 aromatic heterocycles. The maximum absolute atomic E-state index is 13.2. The number of benzene rings is 2. The fraction of sp³-hybridized carbons (Fsp3) is 0.176. The zero-order valence-corrected chi connectivity index (χ0v) is 13.1. The van der Waals surface area contributed by atoms with Crippen LogP contribution < -0.4 is 10.7 Å². The molecule has 2 aromatic rings. The minimum absolute atomic E-state index is 0.0237. The Kier molecular flexibility index (Phi) is 5.57. The first-order valence-corrected chi connectivity index (χ1v) is 7.15. The Morgan fingerprint density at radius 3 is 2.33 bits per heavy atom. The summed E-state index contributed by atoms with van der Waals surface area (Å²) < 4.78 is 39.5. The summed E-state index contributed by atoms with van der Waals surface area (Å²) >= 11 is 0. The van der Waals surface area contributed by atoms with Gasteiger partial charge in [-0.2, -0.15) is 18.3 Å². The van der Waals surface area contributed by atoms with Crippen LogP contribution in [0.25, 0.3) is 0 Å². The molecule has 7 heteroatoms. The predicted octanol–water partition coefficient (Wildman–Crippen LogP) is 3.90. The first-order valence-electron chi connectivity index (χ1n) is 7.15. The normalized spacial score (nSPS) is 11.9. The number of rotatable bonds is 5. The van der Waals surface area contributed by atoms with E-state index in [-0.39, 0.29) is 17.9 Å². The topological polar surface area (TPSA) is 48.8 Å².